The maximum atomic E-state index is 4.59. The van der Waals surface area contributed by atoms with Gasteiger partial charge in [0.25, 0.3) is 0 Å². The van der Waals surface area contributed by atoms with E-state index in [9.17, 15) is 0 Å². The first kappa shape index (κ1) is 37.1. The minimum atomic E-state index is 0.523. The summed E-state index contributed by atoms with van der Waals surface area (Å²) in [6.07, 6.45) is 11.4. The van der Waals surface area contributed by atoms with E-state index in [1.165, 1.54) is 33.0 Å². The van der Waals surface area contributed by atoms with Crippen LogP contribution in [0.4, 0.5) is 11.4 Å². The van der Waals surface area contributed by atoms with Crippen LogP contribution in [0.15, 0.2) is 200 Å². The molecule has 3 heteroatoms. The number of rotatable bonds is 12. The number of anilines is 2. The van der Waals surface area contributed by atoms with Crippen molar-refractivity contribution in [2.45, 2.75) is 26.9 Å². The number of allylic oxidation sites excluding steroid dienone is 8. The standard InChI is InChI=1S/C34H31N3.C17H16/c1-5-6-14-28(25(3)29-19-17-24(2)21-32(29)36-27-12-8-7-9-13-27)26-18-20-34-31(22-26)30-15-10-11-16-33(30)37(34)23-35-4;1-2-16(17-11-7-4-8-12-17)14-13-15-9-5-3-6-10-15/h5-22,36H,3-4,23H2,1-2H3;2-12,14H,1,13H2/b6-5-,28-14+;16-14+. The molecule has 0 saturated heterocycles. The highest BCUT2D eigenvalue weighted by Gasteiger charge is 2.16. The Bertz CT molecular complexity index is 2460. The van der Waals surface area contributed by atoms with Crippen LogP contribution in [0, 0.1) is 6.92 Å². The number of hydrogen-bond donors (Lipinski definition) is 1. The van der Waals surface area contributed by atoms with E-state index in [2.05, 4.69) is 181 Å². The summed E-state index contributed by atoms with van der Waals surface area (Å²) in [5.74, 6) is 0. The average Bonchev–Trinajstić information content (AvgIpc) is 3.52. The highest BCUT2D eigenvalue weighted by atomic mass is 15.1. The Kier molecular flexibility index (Phi) is 12.5. The van der Waals surface area contributed by atoms with Gasteiger partial charge in [0.15, 0.2) is 0 Å². The summed E-state index contributed by atoms with van der Waals surface area (Å²) in [5, 5.41) is 6.01. The van der Waals surface area contributed by atoms with Gasteiger partial charge in [0.1, 0.15) is 6.67 Å². The molecule has 266 valence electrons. The van der Waals surface area contributed by atoms with Crippen LogP contribution < -0.4 is 5.32 Å². The number of aromatic nitrogens is 1. The zero-order valence-corrected chi connectivity index (χ0v) is 31.3. The van der Waals surface area contributed by atoms with Crippen molar-refractivity contribution < 1.29 is 0 Å². The van der Waals surface area contributed by atoms with Gasteiger partial charge < -0.3 is 9.88 Å². The third-order valence-corrected chi connectivity index (χ3v) is 9.39. The van der Waals surface area contributed by atoms with Gasteiger partial charge in [0, 0.05) is 27.7 Å². The molecular weight excluding hydrogens is 655 g/mol. The lowest BCUT2D eigenvalue weighted by molar-refractivity contribution is 0.798. The van der Waals surface area contributed by atoms with Crippen molar-refractivity contribution in [1.82, 2.24) is 4.57 Å². The van der Waals surface area contributed by atoms with Gasteiger partial charge in [0.05, 0.1) is 11.0 Å². The molecular formula is C51H47N3. The van der Waals surface area contributed by atoms with E-state index in [4.69, 9.17) is 0 Å². The van der Waals surface area contributed by atoms with Gasteiger partial charge in [-0.2, -0.15) is 0 Å². The Morgan fingerprint density at radius 3 is 2.09 bits per heavy atom. The van der Waals surface area contributed by atoms with E-state index >= 15 is 0 Å². The predicted molar refractivity (Wildman–Crippen MR) is 236 cm³/mol. The van der Waals surface area contributed by atoms with Gasteiger partial charge >= 0.3 is 0 Å². The molecule has 3 nitrogen and oxygen atoms in total. The molecule has 0 bridgehead atoms. The van der Waals surface area contributed by atoms with Crippen molar-refractivity contribution in [3.63, 3.8) is 0 Å². The van der Waals surface area contributed by atoms with Crippen molar-refractivity contribution in [3.05, 3.63) is 223 Å². The smallest absolute Gasteiger partial charge is 0.114 e. The SMILES string of the molecule is C=C/C(=C\Cc1ccccc1)c1ccccc1.C=NCn1c2ccccc2c2cc(/C(=C/C=C\C)C(=C)c3ccc(C)cc3Nc3ccccc3)ccc21. The van der Waals surface area contributed by atoms with Crippen molar-refractivity contribution in [2.75, 3.05) is 5.32 Å². The highest BCUT2D eigenvalue weighted by Crippen LogP contribution is 2.38. The number of aryl methyl sites for hydroxylation is 1. The summed E-state index contributed by atoms with van der Waals surface area (Å²) in [4.78, 5) is 4.17. The van der Waals surface area contributed by atoms with Crippen LogP contribution in [0.25, 0.3) is 38.5 Å². The largest absolute Gasteiger partial charge is 0.355 e. The molecule has 0 aliphatic carbocycles. The first-order chi connectivity index (χ1) is 26.5. The molecule has 0 amide bonds. The molecule has 0 saturated carbocycles. The Hall–Kier alpha value is -6.71. The van der Waals surface area contributed by atoms with E-state index in [0.29, 0.717) is 6.67 Å². The molecule has 1 heterocycles. The summed E-state index contributed by atoms with van der Waals surface area (Å²) in [6, 6.07) is 52.7. The number of hydrogen-bond acceptors (Lipinski definition) is 2. The number of para-hydroxylation sites is 2. The molecule has 1 N–H and O–H groups in total. The van der Waals surface area contributed by atoms with Gasteiger partial charge in [-0.3, -0.25) is 4.99 Å². The van der Waals surface area contributed by atoms with Crippen LogP contribution in [-0.2, 0) is 13.1 Å². The van der Waals surface area contributed by atoms with Gasteiger partial charge in [-0.25, -0.2) is 0 Å². The normalized spacial score (nSPS) is 11.7. The minimum absolute atomic E-state index is 0.523. The Balaban J connectivity index is 0.000000244. The fraction of sp³-hybridized carbons (Fsp3) is 0.0784. The first-order valence-electron chi connectivity index (χ1n) is 18.3. The van der Waals surface area contributed by atoms with Crippen LogP contribution in [0.2, 0.25) is 0 Å². The summed E-state index contributed by atoms with van der Waals surface area (Å²) in [7, 11) is 0. The molecule has 7 rings (SSSR count). The van der Waals surface area contributed by atoms with Crippen molar-refractivity contribution in [2.24, 2.45) is 4.99 Å². The molecule has 0 unspecified atom stereocenters. The number of benzene rings is 6. The molecule has 0 fully saturated rings. The van der Waals surface area contributed by atoms with Crippen LogP contribution in [0.1, 0.15) is 34.7 Å². The molecule has 0 radical (unpaired) electrons. The summed E-state index contributed by atoms with van der Waals surface area (Å²) in [5.41, 5.74) is 13.6. The first-order valence-corrected chi connectivity index (χ1v) is 18.3. The fourth-order valence-electron chi connectivity index (χ4n) is 6.68. The molecule has 6 aromatic carbocycles. The summed E-state index contributed by atoms with van der Waals surface area (Å²) in [6.45, 7) is 16.9. The minimum Gasteiger partial charge on any atom is -0.355 e. The zero-order valence-electron chi connectivity index (χ0n) is 31.3. The van der Waals surface area contributed by atoms with E-state index in [-0.39, 0.29) is 0 Å². The molecule has 54 heavy (non-hydrogen) atoms. The maximum absolute atomic E-state index is 4.59. The second-order valence-electron chi connectivity index (χ2n) is 13.1. The number of fused-ring (bicyclic) bond motifs is 3. The van der Waals surface area contributed by atoms with Crippen LogP contribution >= 0.6 is 0 Å². The number of aliphatic imine (C=N–C) groups is 1. The summed E-state index contributed by atoms with van der Waals surface area (Å²) >= 11 is 0. The quantitative estimate of drug-likeness (QED) is 0.0997. The fourth-order valence-corrected chi connectivity index (χ4v) is 6.68. The third-order valence-electron chi connectivity index (χ3n) is 9.39. The Morgan fingerprint density at radius 1 is 0.722 bits per heavy atom. The zero-order chi connectivity index (χ0) is 37.7. The van der Waals surface area contributed by atoms with Gasteiger partial charge in [-0.05, 0) is 102 Å². The van der Waals surface area contributed by atoms with Gasteiger partial charge in [0.2, 0.25) is 0 Å². The third kappa shape index (κ3) is 8.83. The second kappa shape index (κ2) is 18.2. The maximum Gasteiger partial charge on any atom is 0.114 e. The number of nitrogens with one attached hydrogen (secondary N) is 1. The monoisotopic (exact) mass is 701 g/mol. The highest BCUT2D eigenvalue weighted by molar-refractivity contribution is 6.12. The molecule has 7 aromatic rings. The van der Waals surface area contributed by atoms with Gasteiger partial charge in [-0.15, -0.1) is 0 Å². The van der Waals surface area contributed by atoms with E-state index in [1.54, 1.807) is 0 Å². The van der Waals surface area contributed by atoms with Crippen LogP contribution in [0.5, 0.6) is 0 Å². The topological polar surface area (TPSA) is 29.3 Å². The lowest BCUT2D eigenvalue weighted by Gasteiger charge is -2.18. The van der Waals surface area contributed by atoms with Crippen molar-refractivity contribution in [3.8, 4) is 0 Å². The second-order valence-corrected chi connectivity index (χ2v) is 13.1. The number of nitrogens with zero attached hydrogens (tertiary/aromatic N) is 2. The van der Waals surface area contributed by atoms with Crippen LogP contribution in [0.3, 0.4) is 0 Å². The Labute approximate surface area is 320 Å². The van der Waals surface area contributed by atoms with Crippen molar-refractivity contribution in [1.29, 1.82) is 0 Å². The molecule has 1 aromatic heterocycles. The lowest BCUT2D eigenvalue weighted by Crippen LogP contribution is -1.98. The molecule has 0 atom stereocenters. The lowest BCUT2D eigenvalue weighted by atomic mass is 9.90. The van der Waals surface area contributed by atoms with Crippen LogP contribution in [-0.4, -0.2) is 11.3 Å². The van der Waals surface area contributed by atoms with E-state index < -0.39 is 0 Å². The molecule has 0 aliphatic heterocycles. The van der Waals surface area contributed by atoms with Crippen molar-refractivity contribution >= 4 is 56.6 Å². The average molecular weight is 702 g/mol. The molecule has 0 aliphatic rings. The predicted octanol–water partition coefficient (Wildman–Crippen LogP) is 13.7. The van der Waals surface area contributed by atoms with E-state index in [1.807, 2.05) is 49.4 Å². The van der Waals surface area contributed by atoms with Gasteiger partial charge in [-0.1, -0.05) is 159 Å². The van der Waals surface area contributed by atoms with E-state index in [0.717, 1.165) is 51.1 Å². The summed E-state index contributed by atoms with van der Waals surface area (Å²) < 4.78 is 2.22. The molecule has 0 spiro atoms. The Morgan fingerprint density at radius 2 is 1.39 bits per heavy atom.